The normalized spacial score (nSPS) is 23.4. The molecule has 0 radical (unpaired) electrons. The molecule has 10 heavy (non-hydrogen) atoms. The molecule has 1 aliphatic rings. The summed E-state index contributed by atoms with van der Waals surface area (Å²) in [7, 11) is 0. The smallest absolute Gasteiger partial charge is 0.181 e. The molecule has 0 aromatic carbocycles. The zero-order valence-corrected chi connectivity index (χ0v) is 6.86. The zero-order chi connectivity index (χ0) is 7.78. The maximum absolute atomic E-state index is 10.9. The van der Waals surface area contributed by atoms with Gasteiger partial charge in [0.1, 0.15) is 4.08 Å². The summed E-state index contributed by atoms with van der Waals surface area (Å²) in [6.45, 7) is 0. The molecule has 1 aliphatic carbocycles. The fraction of sp³-hybridized carbons (Fsp3) is 0.333. The van der Waals surface area contributed by atoms with Crippen molar-refractivity contribution in [2.24, 2.45) is 0 Å². The molecule has 0 atom stereocenters. The van der Waals surface area contributed by atoms with Crippen LogP contribution in [0.1, 0.15) is 6.42 Å². The molecule has 54 valence electrons. The number of allylic oxidation sites excluding steroid dienone is 2. The van der Waals surface area contributed by atoms with Crippen molar-refractivity contribution in [2.45, 2.75) is 10.5 Å². The summed E-state index contributed by atoms with van der Waals surface area (Å²) in [5.41, 5.74) is 0. The lowest BCUT2D eigenvalue weighted by Gasteiger charge is -2.19. The van der Waals surface area contributed by atoms with Crippen LogP contribution >= 0.6 is 25.3 Å². The monoisotopic (exact) mass is 174 g/mol. The van der Waals surface area contributed by atoms with Gasteiger partial charge >= 0.3 is 0 Å². The molecule has 0 amide bonds. The second-order valence-corrected chi connectivity index (χ2v) is 4.04. The molecule has 2 nitrogen and oxygen atoms in total. The van der Waals surface area contributed by atoms with E-state index >= 15 is 0 Å². The van der Waals surface area contributed by atoms with Gasteiger partial charge in [0.05, 0.1) is 0 Å². The lowest BCUT2D eigenvalue weighted by Crippen LogP contribution is -2.30. The van der Waals surface area contributed by atoms with Crippen LogP contribution in [-0.4, -0.2) is 15.6 Å². The number of hydrogen-bond donors (Lipinski definition) is 2. The molecular weight excluding hydrogens is 168 g/mol. The largest absolute Gasteiger partial charge is 0.295 e. The molecule has 0 unspecified atom stereocenters. The van der Waals surface area contributed by atoms with Crippen LogP contribution in [0, 0.1) is 0 Å². The minimum absolute atomic E-state index is 0.0779. The topological polar surface area (TPSA) is 34.1 Å². The van der Waals surface area contributed by atoms with Gasteiger partial charge in [-0.3, -0.25) is 9.59 Å². The van der Waals surface area contributed by atoms with Crippen LogP contribution in [0.25, 0.3) is 0 Å². The van der Waals surface area contributed by atoms with E-state index in [0.717, 1.165) is 0 Å². The quantitative estimate of drug-likeness (QED) is 0.417. The van der Waals surface area contributed by atoms with Crippen molar-refractivity contribution < 1.29 is 9.59 Å². The van der Waals surface area contributed by atoms with E-state index in [0.29, 0.717) is 0 Å². The molecule has 0 saturated heterocycles. The maximum atomic E-state index is 10.9. The van der Waals surface area contributed by atoms with Crippen LogP contribution < -0.4 is 0 Å². The average Bonchev–Trinajstić information content (AvgIpc) is 1.78. The lowest BCUT2D eigenvalue weighted by atomic mass is 10.0. The Labute approximate surface area is 69.5 Å². The highest BCUT2D eigenvalue weighted by molar-refractivity contribution is 8.02. The second-order valence-electron chi connectivity index (χ2n) is 2.16. The van der Waals surface area contributed by atoms with Gasteiger partial charge in [0, 0.05) is 6.42 Å². The second kappa shape index (κ2) is 2.43. The molecule has 4 heteroatoms. The SMILES string of the molecule is O=C1C=CC(=O)C(S)(S)C1. The Balaban J connectivity index is 2.93. The van der Waals surface area contributed by atoms with E-state index in [-0.39, 0.29) is 18.0 Å². The first-order valence-electron chi connectivity index (χ1n) is 2.72. The minimum atomic E-state index is -1.08. The summed E-state index contributed by atoms with van der Waals surface area (Å²) < 4.78 is -1.08. The Hall–Kier alpha value is -0.220. The Morgan fingerprint density at radius 3 is 2.30 bits per heavy atom. The van der Waals surface area contributed by atoms with Crippen LogP contribution in [0.2, 0.25) is 0 Å². The number of ketones is 2. The van der Waals surface area contributed by atoms with Gasteiger partial charge in [-0.25, -0.2) is 0 Å². The van der Waals surface area contributed by atoms with E-state index in [1.165, 1.54) is 12.2 Å². The summed E-state index contributed by atoms with van der Waals surface area (Å²) in [6.07, 6.45) is 2.55. The highest BCUT2D eigenvalue weighted by Gasteiger charge is 2.33. The van der Waals surface area contributed by atoms with Crippen molar-refractivity contribution in [3.63, 3.8) is 0 Å². The molecule has 0 saturated carbocycles. The summed E-state index contributed by atoms with van der Waals surface area (Å²) in [6, 6.07) is 0. The van der Waals surface area contributed by atoms with Gasteiger partial charge < -0.3 is 0 Å². The first-order chi connectivity index (χ1) is 4.52. The Bertz CT molecular complexity index is 218. The van der Waals surface area contributed by atoms with Crippen LogP contribution in [0.3, 0.4) is 0 Å². The van der Waals surface area contributed by atoms with Crippen LogP contribution in [0.15, 0.2) is 12.2 Å². The van der Waals surface area contributed by atoms with E-state index in [4.69, 9.17) is 0 Å². The number of thiol groups is 2. The van der Waals surface area contributed by atoms with Gasteiger partial charge in [-0.1, -0.05) is 0 Å². The zero-order valence-electron chi connectivity index (χ0n) is 5.07. The van der Waals surface area contributed by atoms with Crippen LogP contribution in [0.5, 0.6) is 0 Å². The summed E-state index contributed by atoms with van der Waals surface area (Å²) >= 11 is 7.83. The predicted octanol–water partition coefficient (Wildman–Crippen LogP) is 0.640. The molecule has 0 aromatic heterocycles. The fourth-order valence-corrected chi connectivity index (χ4v) is 1.15. The van der Waals surface area contributed by atoms with Crippen molar-refractivity contribution in [1.29, 1.82) is 0 Å². The minimum Gasteiger partial charge on any atom is -0.295 e. The molecular formula is C6H6O2S2. The summed E-state index contributed by atoms with van der Waals surface area (Å²) in [5.74, 6) is -0.330. The molecule has 0 fully saturated rings. The number of rotatable bonds is 0. The highest BCUT2D eigenvalue weighted by Crippen LogP contribution is 2.28. The molecule has 0 bridgehead atoms. The van der Waals surface area contributed by atoms with Crippen molar-refractivity contribution >= 4 is 36.8 Å². The lowest BCUT2D eigenvalue weighted by molar-refractivity contribution is -0.121. The number of carbonyl (C=O) groups is 2. The molecule has 0 heterocycles. The third kappa shape index (κ3) is 1.44. The highest BCUT2D eigenvalue weighted by atomic mass is 32.2. The first kappa shape index (κ1) is 7.88. The molecule has 0 aromatic rings. The standard InChI is InChI=1S/C6H6O2S2/c7-4-1-2-5(8)6(9,10)3-4/h1-2,9-10H,3H2. The van der Waals surface area contributed by atoms with Gasteiger partial charge in [0.25, 0.3) is 0 Å². The Morgan fingerprint density at radius 1 is 1.30 bits per heavy atom. The Morgan fingerprint density at radius 2 is 1.90 bits per heavy atom. The number of carbonyl (C=O) groups excluding carboxylic acids is 2. The van der Waals surface area contributed by atoms with E-state index in [1.807, 2.05) is 0 Å². The molecule has 0 spiro atoms. The fourth-order valence-electron chi connectivity index (χ4n) is 0.691. The van der Waals surface area contributed by atoms with E-state index in [1.54, 1.807) is 0 Å². The van der Waals surface area contributed by atoms with E-state index < -0.39 is 4.08 Å². The maximum Gasteiger partial charge on any atom is 0.181 e. The van der Waals surface area contributed by atoms with Crippen LogP contribution in [-0.2, 0) is 9.59 Å². The average molecular weight is 174 g/mol. The van der Waals surface area contributed by atoms with E-state index in [2.05, 4.69) is 25.3 Å². The summed E-state index contributed by atoms with van der Waals surface area (Å²) in [4.78, 5) is 21.6. The molecule has 0 aliphatic heterocycles. The number of hydrogen-bond acceptors (Lipinski definition) is 4. The van der Waals surface area contributed by atoms with Crippen molar-refractivity contribution in [2.75, 3.05) is 0 Å². The van der Waals surface area contributed by atoms with Gasteiger partial charge in [-0.15, -0.1) is 0 Å². The third-order valence-electron chi connectivity index (χ3n) is 1.24. The molecule has 1 rings (SSSR count). The predicted molar refractivity (Wildman–Crippen MR) is 44.5 cm³/mol. The summed E-state index contributed by atoms with van der Waals surface area (Å²) in [5, 5.41) is 0. The Kier molecular flexibility index (Phi) is 1.92. The first-order valence-corrected chi connectivity index (χ1v) is 3.62. The van der Waals surface area contributed by atoms with Gasteiger partial charge in [0.15, 0.2) is 11.6 Å². The van der Waals surface area contributed by atoms with E-state index in [9.17, 15) is 9.59 Å². The van der Waals surface area contributed by atoms with Crippen molar-refractivity contribution in [3.05, 3.63) is 12.2 Å². The van der Waals surface area contributed by atoms with Crippen molar-refractivity contribution in [1.82, 2.24) is 0 Å². The third-order valence-corrected chi connectivity index (χ3v) is 1.99. The van der Waals surface area contributed by atoms with Crippen LogP contribution in [0.4, 0.5) is 0 Å². The van der Waals surface area contributed by atoms with Gasteiger partial charge in [-0.2, -0.15) is 25.3 Å². The van der Waals surface area contributed by atoms with Crippen molar-refractivity contribution in [3.8, 4) is 0 Å². The molecule has 0 N–H and O–H groups in total. The van der Waals surface area contributed by atoms with Gasteiger partial charge in [-0.05, 0) is 12.2 Å². The van der Waals surface area contributed by atoms with Gasteiger partial charge in [0.2, 0.25) is 0 Å².